The second-order valence-electron chi connectivity index (χ2n) is 7.31. The van der Waals surface area contributed by atoms with Crippen molar-refractivity contribution in [3.8, 4) is 11.5 Å². The summed E-state index contributed by atoms with van der Waals surface area (Å²) in [4.78, 5) is 18.2. The molecule has 0 fully saturated rings. The monoisotopic (exact) mass is 426 g/mol. The Kier molecular flexibility index (Phi) is 9.68. The van der Waals surface area contributed by atoms with Crippen LogP contribution in [0, 0.1) is 0 Å². The number of guanidine groups is 1. The van der Waals surface area contributed by atoms with Gasteiger partial charge in [0.2, 0.25) is 0 Å². The number of aryl methyl sites for hydroxylation is 1. The predicted molar refractivity (Wildman–Crippen MR) is 125 cm³/mol. The summed E-state index contributed by atoms with van der Waals surface area (Å²) >= 11 is 0. The van der Waals surface area contributed by atoms with Gasteiger partial charge in [0.15, 0.2) is 17.5 Å². The summed E-state index contributed by atoms with van der Waals surface area (Å²) in [6, 6.07) is 13.6. The molecular formula is C24H34N4O3. The standard InChI is InChI=1S/C24H34N4O3/c1-6-25-24(27-17-19-9-12-20(13-10-19)23(29)28(2)3)26-15-7-8-18-11-14-21(30-4)22(16-18)31-5/h9-14,16H,6-8,15,17H2,1-5H3,(H2,25,26,27). The second kappa shape index (κ2) is 12.5. The first kappa shape index (κ1) is 24.1. The smallest absolute Gasteiger partial charge is 0.253 e. The molecule has 0 aromatic heterocycles. The van der Waals surface area contributed by atoms with E-state index >= 15 is 0 Å². The summed E-state index contributed by atoms with van der Waals surface area (Å²) in [6.45, 7) is 4.18. The molecule has 0 spiro atoms. The largest absolute Gasteiger partial charge is 0.493 e. The van der Waals surface area contributed by atoms with Gasteiger partial charge in [-0.3, -0.25) is 4.79 Å². The van der Waals surface area contributed by atoms with Crippen molar-refractivity contribution < 1.29 is 14.3 Å². The van der Waals surface area contributed by atoms with Crippen LogP contribution in [0.25, 0.3) is 0 Å². The summed E-state index contributed by atoms with van der Waals surface area (Å²) < 4.78 is 10.7. The highest BCUT2D eigenvalue weighted by molar-refractivity contribution is 5.93. The second-order valence-corrected chi connectivity index (χ2v) is 7.31. The number of rotatable bonds is 10. The maximum Gasteiger partial charge on any atom is 0.253 e. The Hall–Kier alpha value is -3.22. The molecule has 31 heavy (non-hydrogen) atoms. The van der Waals surface area contributed by atoms with Crippen LogP contribution in [0.15, 0.2) is 47.5 Å². The third kappa shape index (κ3) is 7.51. The van der Waals surface area contributed by atoms with Crippen molar-refractivity contribution in [3.05, 3.63) is 59.2 Å². The van der Waals surface area contributed by atoms with E-state index in [2.05, 4.69) is 21.7 Å². The van der Waals surface area contributed by atoms with E-state index in [9.17, 15) is 4.79 Å². The molecule has 168 valence electrons. The minimum atomic E-state index is -0.000429. The van der Waals surface area contributed by atoms with Crippen molar-refractivity contribution in [1.82, 2.24) is 15.5 Å². The highest BCUT2D eigenvalue weighted by atomic mass is 16.5. The van der Waals surface area contributed by atoms with Crippen LogP contribution in [0.1, 0.15) is 34.8 Å². The van der Waals surface area contributed by atoms with Gasteiger partial charge in [-0.1, -0.05) is 18.2 Å². The zero-order valence-corrected chi connectivity index (χ0v) is 19.2. The number of benzene rings is 2. The number of aliphatic imine (C=N–C) groups is 1. The van der Waals surface area contributed by atoms with Gasteiger partial charge in [-0.15, -0.1) is 0 Å². The molecule has 0 aliphatic rings. The van der Waals surface area contributed by atoms with Crippen LogP contribution in [0.4, 0.5) is 0 Å². The number of hydrogen-bond donors (Lipinski definition) is 2. The van der Waals surface area contributed by atoms with Gasteiger partial charge in [-0.2, -0.15) is 0 Å². The fourth-order valence-electron chi connectivity index (χ4n) is 3.06. The molecule has 0 unspecified atom stereocenters. The molecule has 0 atom stereocenters. The SMILES string of the molecule is CCNC(=NCc1ccc(C(=O)N(C)C)cc1)NCCCc1ccc(OC)c(OC)c1. The molecule has 2 rings (SSSR count). The van der Waals surface area contributed by atoms with Crippen LogP contribution in [-0.4, -0.2) is 58.2 Å². The fourth-order valence-corrected chi connectivity index (χ4v) is 3.06. The number of carbonyl (C=O) groups is 1. The maximum atomic E-state index is 12.0. The normalized spacial score (nSPS) is 11.1. The van der Waals surface area contributed by atoms with Crippen LogP contribution in [-0.2, 0) is 13.0 Å². The predicted octanol–water partition coefficient (Wildman–Crippen LogP) is 3.09. The van der Waals surface area contributed by atoms with E-state index in [4.69, 9.17) is 9.47 Å². The first-order valence-corrected chi connectivity index (χ1v) is 10.5. The van der Waals surface area contributed by atoms with Crippen molar-refractivity contribution in [1.29, 1.82) is 0 Å². The first-order chi connectivity index (χ1) is 15.0. The topological polar surface area (TPSA) is 75.2 Å². The molecular weight excluding hydrogens is 392 g/mol. The minimum absolute atomic E-state index is 0.000429. The zero-order chi connectivity index (χ0) is 22.6. The van der Waals surface area contributed by atoms with Gasteiger partial charge in [0, 0.05) is 32.7 Å². The lowest BCUT2D eigenvalue weighted by molar-refractivity contribution is 0.0827. The van der Waals surface area contributed by atoms with Crippen molar-refractivity contribution in [3.63, 3.8) is 0 Å². The molecule has 7 nitrogen and oxygen atoms in total. The minimum Gasteiger partial charge on any atom is -0.493 e. The summed E-state index contributed by atoms with van der Waals surface area (Å²) in [5, 5.41) is 6.65. The molecule has 0 saturated carbocycles. The molecule has 1 amide bonds. The molecule has 2 N–H and O–H groups in total. The fraction of sp³-hybridized carbons (Fsp3) is 0.417. The molecule has 7 heteroatoms. The van der Waals surface area contributed by atoms with Crippen molar-refractivity contribution in [2.45, 2.75) is 26.3 Å². The number of nitrogens with one attached hydrogen (secondary N) is 2. The van der Waals surface area contributed by atoms with Crippen LogP contribution in [0.2, 0.25) is 0 Å². The zero-order valence-electron chi connectivity index (χ0n) is 19.2. The lowest BCUT2D eigenvalue weighted by atomic mass is 10.1. The Bertz CT molecular complexity index is 864. The van der Waals surface area contributed by atoms with Gasteiger partial charge < -0.3 is 25.0 Å². The average Bonchev–Trinajstić information content (AvgIpc) is 2.79. The van der Waals surface area contributed by atoms with E-state index in [1.807, 2.05) is 43.3 Å². The Morgan fingerprint density at radius 2 is 1.65 bits per heavy atom. The lowest BCUT2D eigenvalue weighted by Gasteiger charge is -2.13. The number of amides is 1. The van der Waals surface area contributed by atoms with Gasteiger partial charge in [-0.05, 0) is 55.2 Å². The van der Waals surface area contributed by atoms with E-state index in [1.165, 1.54) is 5.56 Å². The van der Waals surface area contributed by atoms with E-state index in [1.54, 1.807) is 33.2 Å². The number of nitrogens with zero attached hydrogens (tertiary/aromatic N) is 2. The molecule has 0 aliphatic carbocycles. The van der Waals surface area contributed by atoms with Crippen LogP contribution < -0.4 is 20.1 Å². The number of ether oxygens (including phenoxy) is 2. The lowest BCUT2D eigenvalue weighted by Crippen LogP contribution is -2.37. The van der Waals surface area contributed by atoms with E-state index in [-0.39, 0.29) is 5.91 Å². The third-order valence-corrected chi connectivity index (χ3v) is 4.75. The highest BCUT2D eigenvalue weighted by Gasteiger charge is 2.07. The summed E-state index contributed by atoms with van der Waals surface area (Å²) in [6.07, 6.45) is 1.88. The van der Waals surface area contributed by atoms with Gasteiger partial charge in [0.25, 0.3) is 5.91 Å². The van der Waals surface area contributed by atoms with E-state index in [0.717, 1.165) is 49.0 Å². The average molecular weight is 427 g/mol. The van der Waals surface area contributed by atoms with Gasteiger partial charge in [0.1, 0.15) is 0 Å². The van der Waals surface area contributed by atoms with Crippen LogP contribution in [0.3, 0.4) is 0 Å². The molecule has 2 aromatic carbocycles. The highest BCUT2D eigenvalue weighted by Crippen LogP contribution is 2.27. The quantitative estimate of drug-likeness (QED) is 0.347. The molecule has 0 radical (unpaired) electrons. The van der Waals surface area contributed by atoms with Crippen LogP contribution in [0.5, 0.6) is 11.5 Å². The number of methoxy groups -OCH3 is 2. The first-order valence-electron chi connectivity index (χ1n) is 10.5. The van der Waals surface area contributed by atoms with Crippen LogP contribution >= 0.6 is 0 Å². The Morgan fingerprint density at radius 1 is 0.968 bits per heavy atom. The molecule has 2 aromatic rings. The van der Waals surface area contributed by atoms with Gasteiger partial charge in [0.05, 0.1) is 20.8 Å². The van der Waals surface area contributed by atoms with Gasteiger partial charge in [-0.25, -0.2) is 4.99 Å². The number of carbonyl (C=O) groups excluding carboxylic acids is 1. The molecule has 0 aliphatic heterocycles. The Morgan fingerprint density at radius 3 is 2.26 bits per heavy atom. The maximum absolute atomic E-state index is 12.0. The molecule has 0 bridgehead atoms. The van der Waals surface area contributed by atoms with E-state index in [0.29, 0.717) is 12.1 Å². The molecule has 0 heterocycles. The number of hydrogen-bond acceptors (Lipinski definition) is 4. The Balaban J connectivity index is 1.87. The van der Waals surface area contributed by atoms with E-state index < -0.39 is 0 Å². The Labute approximate surface area is 185 Å². The van der Waals surface area contributed by atoms with Crippen molar-refractivity contribution in [2.75, 3.05) is 41.4 Å². The van der Waals surface area contributed by atoms with Crippen molar-refractivity contribution >= 4 is 11.9 Å². The summed E-state index contributed by atoms with van der Waals surface area (Å²) in [5.41, 5.74) is 2.93. The summed E-state index contributed by atoms with van der Waals surface area (Å²) in [7, 11) is 6.79. The summed E-state index contributed by atoms with van der Waals surface area (Å²) in [5.74, 6) is 2.27. The van der Waals surface area contributed by atoms with Gasteiger partial charge >= 0.3 is 0 Å². The third-order valence-electron chi connectivity index (χ3n) is 4.75. The molecule has 0 saturated heterocycles. The van der Waals surface area contributed by atoms with Crippen molar-refractivity contribution in [2.24, 2.45) is 4.99 Å².